The molecule has 0 radical (unpaired) electrons. The van der Waals surface area contributed by atoms with Gasteiger partial charge in [-0.05, 0) is 57.3 Å². The van der Waals surface area contributed by atoms with Crippen molar-refractivity contribution in [1.82, 2.24) is 25.7 Å². The Bertz CT molecular complexity index is 755. The molecule has 0 saturated carbocycles. The molecule has 0 aliphatic carbocycles. The highest BCUT2D eigenvalue weighted by Gasteiger charge is 2.10. The molecule has 2 heterocycles. The van der Waals surface area contributed by atoms with Gasteiger partial charge in [-0.15, -0.1) is 24.0 Å². The van der Waals surface area contributed by atoms with E-state index in [9.17, 15) is 0 Å². The van der Waals surface area contributed by atoms with Gasteiger partial charge in [-0.3, -0.25) is 4.90 Å². The summed E-state index contributed by atoms with van der Waals surface area (Å²) >= 11 is 0. The van der Waals surface area contributed by atoms with Gasteiger partial charge >= 0.3 is 0 Å². The second-order valence-electron chi connectivity index (χ2n) is 7.61. The summed E-state index contributed by atoms with van der Waals surface area (Å²) in [7, 11) is 0. The van der Waals surface area contributed by atoms with Crippen LogP contribution >= 0.6 is 24.0 Å². The van der Waals surface area contributed by atoms with E-state index < -0.39 is 0 Å². The van der Waals surface area contributed by atoms with E-state index in [1.807, 2.05) is 6.92 Å². The minimum Gasteiger partial charge on any atom is -0.357 e. The van der Waals surface area contributed by atoms with Gasteiger partial charge in [-0.25, -0.2) is 4.99 Å². The Morgan fingerprint density at radius 1 is 1.10 bits per heavy atom. The number of nitrogens with zero attached hydrogens (tertiary/aromatic N) is 4. The molecule has 2 N–H and O–H groups in total. The summed E-state index contributed by atoms with van der Waals surface area (Å²) < 4.78 is 5.14. The number of aromatic nitrogens is 2. The molecule has 1 aliphatic rings. The first-order valence-electron chi connectivity index (χ1n) is 10.8. The Hall–Kier alpha value is -1.68. The molecule has 1 fully saturated rings. The van der Waals surface area contributed by atoms with Gasteiger partial charge in [0, 0.05) is 26.1 Å². The standard InChI is InChI=1S/C22H34N6O.HI/c1-3-23-22(24-13-7-8-21-26-18(2)27-29-21)25-16-19-9-11-20(12-10-19)17-28-14-5-4-6-15-28;/h9-12H,3-8,13-17H2,1-2H3,(H2,23,24,25);1H. The number of rotatable bonds is 9. The Balaban J connectivity index is 0.00000320. The number of hydrogen-bond donors (Lipinski definition) is 2. The number of piperidine rings is 1. The fourth-order valence-electron chi connectivity index (χ4n) is 3.53. The van der Waals surface area contributed by atoms with Gasteiger partial charge in [0.25, 0.3) is 0 Å². The summed E-state index contributed by atoms with van der Waals surface area (Å²) in [6.07, 6.45) is 5.73. The van der Waals surface area contributed by atoms with Crippen molar-refractivity contribution in [1.29, 1.82) is 0 Å². The Kier molecular flexibility index (Phi) is 11.1. The molecule has 0 bridgehead atoms. The highest BCUT2D eigenvalue weighted by Crippen LogP contribution is 2.14. The summed E-state index contributed by atoms with van der Waals surface area (Å²) in [6.45, 7) is 9.75. The maximum atomic E-state index is 5.14. The average molecular weight is 526 g/mol. The number of guanidine groups is 1. The van der Waals surface area contributed by atoms with Crippen molar-refractivity contribution >= 4 is 29.9 Å². The predicted molar refractivity (Wildman–Crippen MR) is 131 cm³/mol. The van der Waals surface area contributed by atoms with Crippen LogP contribution in [0.1, 0.15) is 55.4 Å². The smallest absolute Gasteiger partial charge is 0.226 e. The second kappa shape index (κ2) is 13.6. The lowest BCUT2D eigenvalue weighted by atomic mass is 10.1. The molecule has 1 aliphatic heterocycles. The van der Waals surface area contributed by atoms with Crippen molar-refractivity contribution in [3.8, 4) is 0 Å². The number of benzene rings is 1. The van der Waals surface area contributed by atoms with Crippen LogP contribution in [-0.2, 0) is 19.5 Å². The second-order valence-corrected chi connectivity index (χ2v) is 7.61. The number of halogens is 1. The zero-order valence-corrected chi connectivity index (χ0v) is 20.5. The number of nitrogens with one attached hydrogen (secondary N) is 2. The van der Waals surface area contributed by atoms with Crippen molar-refractivity contribution in [2.75, 3.05) is 26.2 Å². The van der Waals surface area contributed by atoms with Crippen LogP contribution in [0.4, 0.5) is 0 Å². The first-order chi connectivity index (χ1) is 14.2. The van der Waals surface area contributed by atoms with E-state index in [0.717, 1.165) is 38.4 Å². The lowest BCUT2D eigenvalue weighted by Crippen LogP contribution is -2.37. The molecule has 0 spiro atoms. The van der Waals surface area contributed by atoms with Gasteiger partial charge in [0.2, 0.25) is 5.89 Å². The first-order valence-corrected chi connectivity index (χ1v) is 10.8. The van der Waals surface area contributed by atoms with E-state index in [-0.39, 0.29) is 24.0 Å². The van der Waals surface area contributed by atoms with Crippen molar-refractivity contribution in [3.05, 3.63) is 47.1 Å². The predicted octanol–water partition coefficient (Wildman–Crippen LogP) is 3.67. The van der Waals surface area contributed by atoms with E-state index in [1.165, 1.54) is 43.5 Å². The van der Waals surface area contributed by atoms with Crippen molar-refractivity contribution in [2.45, 2.75) is 59.0 Å². The quantitative estimate of drug-likeness (QED) is 0.225. The molecule has 2 aromatic rings. The summed E-state index contributed by atoms with van der Waals surface area (Å²) in [5.41, 5.74) is 2.62. The maximum absolute atomic E-state index is 5.14. The molecule has 1 aromatic carbocycles. The zero-order valence-electron chi connectivity index (χ0n) is 18.2. The van der Waals surface area contributed by atoms with Crippen LogP contribution in [0.3, 0.4) is 0 Å². The lowest BCUT2D eigenvalue weighted by Gasteiger charge is -2.26. The molecule has 0 atom stereocenters. The molecule has 8 heteroatoms. The number of likely N-dealkylation sites (tertiary alicyclic amines) is 1. The Labute approximate surface area is 197 Å². The topological polar surface area (TPSA) is 78.6 Å². The van der Waals surface area contributed by atoms with Crippen LogP contribution < -0.4 is 10.6 Å². The Morgan fingerprint density at radius 2 is 1.83 bits per heavy atom. The minimum atomic E-state index is 0. The van der Waals surface area contributed by atoms with Crippen LogP contribution in [-0.4, -0.2) is 47.2 Å². The highest BCUT2D eigenvalue weighted by atomic mass is 127. The van der Waals surface area contributed by atoms with E-state index >= 15 is 0 Å². The maximum Gasteiger partial charge on any atom is 0.226 e. The molecule has 3 rings (SSSR count). The molecular weight excluding hydrogens is 491 g/mol. The van der Waals surface area contributed by atoms with Crippen molar-refractivity contribution in [3.63, 3.8) is 0 Å². The van der Waals surface area contributed by atoms with E-state index in [0.29, 0.717) is 18.3 Å². The minimum absolute atomic E-state index is 0. The van der Waals surface area contributed by atoms with E-state index in [4.69, 9.17) is 9.52 Å². The van der Waals surface area contributed by atoms with E-state index in [2.05, 4.69) is 56.9 Å². The molecule has 1 aromatic heterocycles. The summed E-state index contributed by atoms with van der Waals surface area (Å²) in [6, 6.07) is 8.88. The summed E-state index contributed by atoms with van der Waals surface area (Å²) in [4.78, 5) is 11.5. The summed E-state index contributed by atoms with van der Waals surface area (Å²) in [5, 5.41) is 10.5. The third-order valence-corrected chi connectivity index (χ3v) is 5.07. The third kappa shape index (κ3) is 8.59. The van der Waals surface area contributed by atoms with Gasteiger partial charge in [0.1, 0.15) is 0 Å². The number of aliphatic imine (C=N–C) groups is 1. The number of aryl methyl sites for hydroxylation is 2. The number of hydrogen-bond acceptors (Lipinski definition) is 5. The van der Waals surface area contributed by atoms with Crippen LogP contribution in [0.15, 0.2) is 33.8 Å². The molecule has 7 nitrogen and oxygen atoms in total. The average Bonchev–Trinajstić information content (AvgIpc) is 3.16. The zero-order chi connectivity index (χ0) is 20.3. The lowest BCUT2D eigenvalue weighted by molar-refractivity contribution is 0.221. The monoisotopic (exact) mass is 526 g/mol. The SMILES string of the molecule is CCNC(=NCc1ccc(CN2CCCCC2)cc1)NCCCc1nc(C)no1.I. The van der Waals surface area contributed by atoms with Gasteiger partial charge in [-0.1, -0.05) is 35.8 Å². The molecule has 0 unspecified atom stereocenters. The molecule has 30 heavy (non-hydrogen) atoms. The highest BCUT2D eigenvalue weighted by molar-refractivity contribution is 14.0. The first kappa shape index (κ1) is 24.6. The van der Waals surface area contributed by atoms with Gasteiger partial charge in [-0.2, -0.15) is 4.98 Å². The molecule has 166 valence electrons. The van der Waals surface area contributed by atoms with Gasteiger partial charge in [0.05, 0.1) is 6.54 Å². The van der Waals surface area contributed by atoms with Crippen LogP contribution in [0.5, 0.6) is 0 Å². The molecule has 1 saturated heterocycles. The largest absolute Gasteiger partial charge is 0.357 e. The van der Waals surface area contributed by atoms with Crippen molar-refractivity contribution in [2.24, 2.45) is 4.99 Å². The fraction of sp³-hybridized carbons (Fsp3) is 0.591. The Morgan fingerprint density at radius 3 is 2.50 bits per heavy atom. The normalized spacial score (nSPS) is 14.9. The fourth-order valence-corrected chi connectivity index (χ4v) is 3.53. The van der Waals surface area contributed by atoms with Gasteiger partial charge in [0.15, 0.2) is 11.8 Å². The van der Waals surface area contributed by atoms with Crippen LogP contribution in [0.25, 0.3) is 0 Å². The van der Waals surface area contributed by atoms with Crippen LogP contribution in [0.2, 0.25) is 0 Å². The third-order valence-electron chi connectivity index (χ3n) is 5.07. The molecule has 0 amide bonds. The summed E-state index contributed by atoms with van der Waals surface area (Å²) in [5.74, 6) is 2.22. The van der Waals surface area contributed by atoms with E-state index in [1.54, 1.807) is 0 Å². The van der Waals surface area contributed by atoms with Crippen molar-refractivity contribution < 1.29 is 4.52 Å². The van der Waals surface area contributed by atoms with Gasteiger partial charge < -0.3 is 15.2 Å². The molecular formula is C22H35IN6O. The van der Waals surface area contributed by atoms with Crippen LogP contribution in [0, 0.1) is 6.92 Å².